The smallest absolute Gasteiger partial charge is 0.319 e. The van der Waals surface area contributed by atoms with E-state index >= 15 is 0 Å². The Bertz CT molecular complexity index is 934. The molecule has 5 rings (SSSR count). The second kappa shape index (κ2) is 9.30. The van der Waals surface area contributed by atoms with Crippen LogP contribution in [0.5, 0.6) is 5.75 Å². The topological polar surface area (TPSA) is 107 Å². The number of benzene rings is 1. The van der Waals surface area contributed by atoms with Crippen LogP contribution in [-0.4, -0.2) is 60.6 Å². The van der Waals surface area contributed by atoms with Gasteiger partial charge in [-0.05, 0) is 43.2 Å². The van der Waals surface area contributed by atoms with E-state index in [2.05, 4.69) is 20.9 Å². The number of nitrogens with one attached hydrogen (secondary N) is 3. The molecule has 4 unspecified atom stereocenters. The third-order valence-corrected chi connectivity index (χ3v) is 6.48. The fourth-order valence-corrected chi connectivity index (χ4v) is 4.81. The highest BCUT2D eigenvalue weighted by Gasteiger charge is 2.48. The van der Waals surface area contributed by atoms with Gasteiger partial charge in [-0.2, -0.15) is 0 Å². The lowest BCUT2D eigenvalue weighted by Gasteiger charge is -2.19. The molecule has 3 heterocycles. The Morgan fingerprint density at radius 3 is 2.50 bits per heavy atom. The molecule has 3 aliphatic rings. The van der Waals surface area contributed by atoms with E-state index in [1.54, 1.807) is 31.4 Å². The molecule has 2 saturated heterocycles. The number of ether oxygens (including phenoxy) is 3. The van der Waals surface area contributed by atoms with Crippen molar-refractivity contribution in [3.8, 4) is 5.75 Å². The predicted octanol–water partition coefficient (Wildman–Crippen LogP) is 2.91. The van der Waals surface area contributed by atoms with Gasteiger partial charge in [0.05, 0.1) is 32.4 Å². The van der Waals surface area contributed by atoms with Gasteiger partial charge in [-0.1, -0.05) is 12.8 Å². The van der Waals surface area contributed by atoms with Gasteiger partial charge in [0.15, 0.2) is 0 Å². The standard InChI is InChI=1S/C23H29N5O4/c1-30-16-8-6-15(7-9-16)25-23(29)28-19-13-32-20-18(12-31-21(19)20)27-22-24-11-10-17(26-22)14-4-2-3-5-14/h6-11,14,18-21H,2-5,12-13H2,1H3,(H,24,26,27)(H2,25,28,29). The molecule has 2 amide bonds. The zero-order valence-corrected chi connectivity index (χ0v) is 18.1. The molecule has 0 radical (unpaired) electrons. The van der Waals surface area contributed by atoms with Crippen molar-refractivity contribution in [2.75, 3.05) is 31.0 Å². The summed E-state index contributed by atoms with van der Waals surface area (Å²) in [7, 11) is 1.61. The van der Waals surface area contributed by atoms with Crippen molar-refractivity contribution in [1.82, 2.24) is 15.3 Å². The van der Waals surface area contributed by atoms with Crippen LogP contribution in [0.1, 0.15) is 37.3 Å². The fraction of sp³-hybridized carbons (Fsp3) is 0.522. The Balaban J connectivity index is 1.16. The molecule has 0 bridgehead atoms. The third-order valence-electron chi connectivity index (χ3n) is 6.48. The number of nitrogens with zero attached hydrogens (tertiary/aromatic N) is 2. The molecule has 0 spiro atoms. The summed E-state index contributed by atoms with van der Waals surface area (Å²) in [6, 6.07) is 8.61. The summed E-state index contributed by atoms with van der Waals surface area (Å²) in [6.07, 6.45) is 6.37. The van der Waals surface area contributed by atoms with E-state index in [9.17, 15) is 4.79 Å². The molecule has 9 nitrogen and oxygen atoms in total. The van der Waals surface area contributed by atoms with E-state index in [4.69, 9.17) is 19.2 Å². The number of fused-ring (bicyclic) bond motifs is 1. The highest BCUT2D eigenvalue weighted by molar-refractivity contribution is 5.89. The summed E-state index contributed by atoms with van der Waals surface area (Å²) in [5.41, 5.74) is 1.79. The molecule has 2 aromatic rings. The van der Waals surface area contributed by atoms with Gasteiger partial charge in [0.2, 0.25) is 5.95 Å². The summed E-state index contributed by atoms with van der Waals surface area (Å²) >= 11 is 0. The van der Waals surface area contributed by atoms with Crippen LogP contribution in [0.4, 0.5) is 16.4 Å². The second-order valence-corrected chi connectivity index (χ2v) is 8.57. The number of anilines is 2. The molecule has 1 aromatic heterocycles. The summed E-state index contributed by atoms with van der Waals surface area (Å²) in [6.45, 7) is 0.872. The molecule has 3 N–H and O–H groups in total. The van der Waals surface area contributed by atoms with Crippen LogP contribution in [0.15, 0.2) is 36.5 Å². The van der Waals surface area contributed by atoms with E-state index in [0.717, 1.165) is 11.4 Å². The minimum Gasteiger partial charge on any atom is -0.497 e. The molecular formula is C23H29N5O4. The predicted molar refractivity (Wildman–Crippen MR) is 119 cm³/mol. The fourth-order valence-electron chi connectivity index (χ4n) is 4.81. The van der Waals surface area contributed by atoms with Crippen molar-refractivity contribution in [3.05, 3.63) is 42.2 Å². The van der Waals surface area contributed by atoms with Crippen LogP contribution in [0.2, 0.25) is 0 Å². The maximum atomic E-state index is 12.4. The zero-order valence-electron chi connectivity index (χ0n) is 18.1. The Labute approximate surface area is 187 Å². The van der Waals surface area contributed by atoms with Gasteiger partial charge in [0, 0.05) is 23.5 Å². The summed E-state index contributed by atoms with van der Waals surface area (Å²) in [5.74, 6) is 1.88. The Morgan fingerprint density at radius 2 is 1.75 bits per heavy atom. The van der Waals surface area contributed by atoms with Crippen LogP contribution in [-0.2, 0) is 9.47 Å². The molecule has 2 aliphatic heterocycles. The van der Waals surface area contributed by atoms with E-state index < -0.39 is 0 Å². The highest BCUT2D eigenvalue weighted by Crippen LogP contribution is 2.33. The van der Waals surface area contributed by atoms with E-state index in [-0.39, 0.29) is 30.3 Å². The van der Waals surface area contributed by atoms with Gasteiger partial charge >= 0.3 is 6.03 Å². The summed E-state index contributed by atoms with van der Waals surface area (Å²) in [5, 5.41) is 9.19. The van der Waals surface area contributed by atoms with Gasteiger partial charge in [0.1, 0.15) is 18.0 Å². The number of urea groups is 1. The van der Waals surface area contributed by atoms with Crippen molar-refractivity contribution in [1.29, 1.82) is 0 Å². The number of carbonyl (C=O) groups excluding carboxylic acids is 1. The monoisotopic (exact) mass is 439 g/mol. The second-order valence-electron chi connectivity index (χ2n) is 8.57. The number of hydrogen-bond acceptors (Lipinski definition) is 7. The van der Waals surface area contributed by atoms with Gasteiger partial charge in [0.25, 0.3) is 0 Å². The van der Waals surface area contributed by atoms with Crippen LogP contribution in [0.25, 0.3) is 0 Å². The minimum absolute atomic E-state index is 0.0599. The number of carbonyl (C=O) groups is 1. The third kappa shape index (κ3) is 4.49. The largest absolute Gasteiger partial charge is 0.497 e. The summed E-state index contributed by atoms with van der Waals surface area (Å²) < 4.78 is 17.1. The molecule has 4 atom stereocenters. The number of rotatable bonds is 6. The van der Waals surface area contributed by atoms with Crippen LogP contribution in [0.3, 0.4) is 0 Å². The minimum atomic E-state index is -0.294. The lowest BCUT2D eigenvalue weighted by Crippen LogP contribution is -2.46. The normalized spacial score (nSPS) is 27.2. The molecule has 1 aliphatic carbocycles. The molecule has 1 aromatic carbocycles. The van der Waals surface area contributed by atoms with Crippen LogP contribution in [0, 0.1) is 0 Å². The lowest BCUT2D eigenvalue weighted by molar-refractivity contribution is 0.0683. The van der Waals surface area contributed by atoms with E-state index in [1.165, 1.54) is 25.7 Å². The molecular weight excluding hydrogens is 410 g/mol. The van der Waals surface area contributed by atoms with Crippen molar-refractivity contribution in [2.24, 2.45) is 0 Å². The SMILES string of the molecule is COc1ccc(NC(=O)NC2COC3C(Nc4nccc(C5CCCC5)n4)COC23)cc1. The van der Waals surface area contributed by atoms with Crippen LogP contribution < -0.4 is 20.7 Å². The maximum Gasteiger partial charge on any atom is 0.319 e. The maximum absolute atomic E-state index is 12.4. The Kier molecular flexibility index (Phi) is 6.09. The average molecular weight is 440 g/mol. The first-order valence-electron chi connectivity index (χ1n) is 11.2. The first kappa shape index (κ1) is 21.0. The van der Waals surface area contributed by atoms with E-state index in [1.807, 2.05) is 12.3 Å². The lowest BCUT2D eigenvalue weighted by atomic mass is 10.0. The van der Waals surface area contributed by atoms with E-state index in [0.29, 0.717) is 30.8 Å². The molecule has 32 heavy (non-hydrogen) atoms. The van der Waals surface area contributed by atoms with Crippen molar-refractivity contribution in [2.45, 2.75) is 55.9 Å². The average Bonchev–Trinajstić information content (AvgIpc) is 3.55. The molecule has 1 saturated carbocycles. The zero-order chi connectivity index (χ0) is 21.9. The first-order chi connectivity index (χ1) is 15.7. The Morgan fingerprint density at radius 1 is 1.03 bits per heavy atom. The number of hydrogen-bond donors (Lipinski definition) is 3. The Hall–Kier alpha value is -2.91. The van der Waals surface area contributed by atoms with Crippen molar-refractivity contribution < 1.29 is 19.0 Å². The highest BCUT2D eigenvalue weighted by atomic mass is 16.6. The van der Waals surface area contributed by atoms with Crippen molar-refractivity contribution in [3.63, 3.8) is 0 Å². The van der Waals surface area contributed by atoms with Crippen molar-refractivity contribution >= 4 is 17.7 Å². The summed E-state index contributed by atoms with van der Waals surface area (Å²) in [4.78, 5) is 21.6. The first-order valence-corrected chi connectivity index (χ1v) is 11.2. The van der Waals surface area contributed by atoms with Crippen LogP contribution >= 0.6 is 0 Å². The van der Waals surface area contributed by atoms with Gasteiger partial charge < -0.3 is 30.2 Å². The molecule has 9 heteroatoms. The number of methoxy groups -OCH3 is 1. The molecule has 3 fully saturated rings. The number of aromatic nitrogens is 2. The van der Waals surface area contributed by atoms with Gasteiger partial charge in [-0.3, -0.25) is 0 Å². The quantitative estimate of drug-likeness (QED) is 0.635. The van der Waals surface area contributed by atoms with Gasteiger partial charge in [-0.15, -0.1) is 0 Å². The van der Waals surface area contributed by atoms with Gasteiger partial charge in [-0.25, -0.2) is 14.8 Å². The number of amides is 2. The molecule has 170 valence electrons.